The first-order chi connectivity index (χ1) is 23.5. The Balaban J connectivity index is 1.07. The van der Waals surface area contributed by atoms with Gasteiger partial charge in [-0.1, -0.05) is 35.6 Å². The van der Waals surface area contributed by atoms with Crippen molar-refractivity contribution in [2.75, 3.05) is 30.0 Å². The van der Waals surface area contributed by atoms with E-state index in [0.717, 1.165) is 21.5 Å². The number of ether oxygens (including phenoxy) is 3. The monoisotopic (exact) mass is 699 g/mol. The first kappa shape index (κ1) is 33.7. The zero-order valence-corrected chi connectivity index (χ0v) is 29.1. The number of nitrogens with one attached hydrogen (secondary N) is 2. The molecule has 0 spiro atoms. The van der Waals surface area contributed by atoms with Crippen LogP contribution < -0.4 is 25.0 Å². The second-order valence-corrected chi connectivity index (χ2v) is 14.4. The van der Waals surface area contributed by atoms with E-state index in [1.165, 1.54) is 22.7 Å². The number of thiazole rings is 2. The van der Waals surface area contributed by atoms with Gasteiger partial charge >= 0.3 is 12.0 Å². The van der Waals surface area contributed by atoms with Crippen molar-refractivity contribution in [1.29, 1.82) is 0 Å². The molecule has 0 fully saturated rings. The molecule has 1 aliphatic rings. The van der Waals surface area contributed by atoms with Crippen LogP contribution in [-0.4, -0.2) is 52.4 Å². The maximum Gasteiger partial charge on any atom is 0.355 e. The lowest BCUT2D eigenvalue weighted by molar-refractivity contribution is 0.0410. The topological polar surface area (TPSA) is 135 Å². The maximum absolute atomic E-state index is 13.4. The number of amides is 2. The highest BCUT2D eigenvalue weighted by atomic mass is 32.1. The van der Waals surface area contributed by atoms with Gasteiger partial charge in [-0.3, -0.25) is 10.2 Å². The first-order valence-corrected chi connectivity index (χ1v) is 17.4. The summed E-state index contributed by atoms with van der Waals surface area (Å²) in [5.74, 6) is 0.721. The lowest BCUT2D eigenvalue weighted by Crippen LogP contribution is -2.40. The van der Waals surface area contributed by atoms with Crippen LogP contribution in [0.5, 0.6) is 11.5 Å². The zero-order chi connectivity index (χ0) is 34.5. The van der Waals surface area contributed by atoms with E-state index in [0.29, 0.717) is 77.0 Å². The molecule has 49 heavy (non-hydrogen) atoms. The number of carbonyl (C=O) groups excluding carboxylic acids is 1. The van der Waals surface area contributed by atoms with Gasteiger partial charge in [0.15, 0.2) is 16.7 Å². The number of hydrogen-bond acceptors (Lipinski definition) is 10. The van der Waals surface area contributed by atoms with Gasteiger partial charge in [0.1, 0.15) is 28.7 Å². The second-order valence-electron chi connectivity index (χ2n) is 12.3. The van der Waals surface area contributed by atoms with Crippen molar-refractivity contribution < 1.29 is 28.9 Å². The smallest absolute Gasteiger partial charge is 0.355 e. The summed E-state index contributed by atoms with van der Waals surface area (Å²) in [7, 11) is 0. The fourth-order valence-electron chi connectivity index (χ4n) is 5.19. The summed E-state index contributed by atoms with van der Waals surface area (Å²) in [6, 6.07) is 20.6. The van der Waals surface area contributed by atoms with Crippen LogP contribution in [0.25, 0.3) is 20.8 Å². The quantitative estimate of drug-likeness (QED) is 0.0876. The fraction of sp³-hybridized carbons (Fsp3) is 0.278. The molecule has 2 amide bonds. The number of anilines is 2. The molecule has 0 radical (unpaired) electrons. The molecule has 254 valence electrons. The normalized spacial score (nSPS) is 12.6. The highest BCUT2D eigenvalue weighted by Gasteiger charge is 2.26. The molecule has 2 aromatic heterocycles. The predicted molar refractivity (Wildman–Crippen MR) is 193 cm³/mol. The van der Waals surface area contributed by atoms with Crippen molar-refractivity contribution in [3.8, 4) is 22.1 Å². The number of carbonyl (C=O) groups is 2. The Labute approximate surface area is 292 Å². The molecule has 0 atom stereocenters. The van der Waals surface area contributed by atoms with Gasteiger partial charge in [0, 0.05) is 17.0 Å². The van der Waals surface area contributed by atoms with Crippen LogP contribution in [0.2, 0.25) is 0 Å². The molecule has 11 nitrogen and oxygen atoms in total. The molecule has 1 aliphatic heterocycles. The molecule has 0 saturated heterocycles. The minimum absolute atomic E-state index is 0.0216. The van der Waals surface area contributed by atoms with Crippen molar-refractivity contribution in [2.45, 2.75) is 45.8 Å². The third-order valence-corrected chi connectivity index (χ3v) is 9.50. The van der Waals surface area contributed by atoms with Gasteiger partial charge in [-0.25, -0.2) is 19.6 Å². The molecule has 0 aliphatic carbocycles. The summed E-state index contributed by atoms with van der Waals surface area (Å²) < 4.78 is 18.5. The molecule has 3 heterocycles. The van der Waals surface area contributed by atoms with Crippen molar-refractivity contribution in [3.05, 3.63) is 95.3 Å². The molecule has 0 bridgehead atoms. The lowest BCUT2D eigenvalue weighted by atomic mass is 10.1. The SMILES string of the molecule is C=C(NCc1ccc(OCCCc2sc(-c3ccc4c(c3)N(C(=O)Nc3nc5ccccc5s3)CCO4)nc2C(=O)O)cc1)OC(C)(C)C. The van der Waals surface area contributed by atoms with Gasteiger partial charge in [-0.2, -0.15) is 0 Å². The Morgan fingerprint density at radius 2 is 1.86 bits per heavy atom. The van der Waals surface area contributed by atoms with E-state index in [1.807, 2.05) is 81.4 Å². The third-order valence-electron chi connectivity index (χ3n) is 7.38. The molecule has 3 N–H and O–H groups in total. The molecule has 5 aromatic rings. The number of rotatable bonds is 12. The largest absolute Gasteiger partial charge is 0.494 e. The highest BCUT2D eigenvalue weighted by molar-refractivity contribution is 7.22. The Hall–Kier alpha value is -5.14. The number of aromatic carboxylic acids is 1. The van der Waals surface area contributed by atoms with E-state index in [1.54, 1.807) is 11.0 Å². The number of para-hydroxylation sites is 1. The Morgan fingerprint density at radius 3 is 2.61 bits per heavy atom. The Bertz CT molecular complexity index is 1950. The van der Waals surface area contributed by atoms with Crippen molar-refractivity contribution in [2.24, 2.45) is 0 Å². The summed E-state index contributed by atoms with van der Waals surface area (Å²) in [5.41, 5.74) is 2.86. The maximum atomic E-state index is 13.4. The van der Waals surface area contributed by atoms with Crippen molar-refractivity contribution in [3.63, 3.8) is 0 Å². The minimum atomic E-state index is -1.09. The second kappa shape index (κ2) is 14.5. The van der Waals surface area contributed by atoms with E-state index >= 15 is 0 Å². The molecule has 0 saturated carbocycles. The highest BCUT2D eigenvalue weighted by Crippen LogP contribution is 2.38. The molecule has 13 heteroatoms. The van der Waals surface area contributed by atoms with E-state index < -0.39 is 5.97 Å². The number of nitrogens with zero attached hydrogens (tertiary/aromatic N) is 3. The third kappa shape index (κ3) is 8.48. The van der Waals surface area contributed by atoms with Gasteiger partial charge in [0.2, 0.25) is 0 Å². The number of carboxylic acid groups (broad SMARTS) is 1. The van der Waals surface area contributed by atoms with Gasteiger partial charge in [-0.05, 0) is 88.2 Å². The van der Waals surface area contributed by atoms with E-state index in [9.17, 15) is 14.7 Å². The lowest BCUT2D eigenvalue weighted by Gasteiger charge is -2.29. The Kier molecular flexibility index (Phi) is 10.0. The zero-order valence-electron chi connectivity index (χ0n) is 27.4. The number of hydrogen-bond donors (Lipinski definition) is 3. The van der Waals surface area contributed by atoms with E-state index in [-0.39, 0.29) is 17.3 Å². The van der Waals surface area contributed by atoms with Crippen LogP contribution in [0.1, 0.15) is 48.1 Å². The minimum Gasteiger partial charge on any atom is -0.494 e. The molecule has 3 aromatic carbocycles. The van der Waals surface area contributed by atoms with Gasteiger partial charge in [0.05, 0.1) is 29.1 Å². The van der Waals surface area contributed by atoms with Gasteiger partial charge < -0.3 is 24.6 Å². The van der Waals surface area contributed by atoms with Crippen LogP contribution in [0, 0.1) is 0 Å². The van der Waals surface area contributed by atoms with Crippen LogP contribution in [0.4, 0.5) is 15.6 Å². The van der Waals surface area contributed by atoms with Gasteiger partial charge in [-0.15, -0.1) is 11.3 Å². The molecular weight excluding hydrogens is 663 g/mol. The van der Waals surface area contributed by atoms with Crippen LogP contribution in [-0.2, 0) is 17.7 Å². The Morgan fingerprint density at radius 1 is 1.06 bits per heavy atom. The van der Waals surface area contributed by atoms with Crippen LogP contribution >= 0.6 is 22.7 Å². The number of carboxylic acids is 1. The predicted octanol–water partition coefficient (Wildman–Crippen LogP) is 7.94. The summed E-state index contributed by atoms with van der Waals surface area (Å²) in [6.07, 6.45) is 1.09. The number of fused-ring (bicyclic) bond motifs is 2. The van der Waals surface area contributed by atoms with Crippen LogP contribution in [0.15, 0.2) is 79.2 Å². The number of urea groups is 1. The average Bonchev–Trinajstić information content (AvgIpc) is 3.69. The molecular formula is C36H37N5O6S2. The molecule has 0 unspecified atom stereocenters. The van der Waals surface area contributed by atoms with Crippen molar-refractivity contribution in [1.82, 2.24) is 15.3 Å². The summed E-state index contributed by atoms with van der Waals surface area (Å²) in [4.78, 5) is 36.8. The summed E-state index contributed by atoms with van der Waals surface area (Å²) in [5, 5.41) is 17.1. The number of aryl methyl sites for hydroxylation is 1. The standard InChI is InChI=1S/C36H37N5O6S2/c1-22(47-36(2,3)4)37-21-23-11-14-25(15-12-23)45-18-7-10-30-31(33(42)43)39-32(48-30)24-13-16-28-27(20-24)41(17-19-46-28)35(44)40-34-38-26-8-5-6-9-29(26)49-34/h5-6,8-9,11-16,20,37H,1,7,10,17-19,21H2,2-4H3,(H,42,43)(H,38,40,44). The number of aromatic nitrogens is 2. The molecule has 6 rings (SSSR count). The van der Waals surface area contributed by atoms with Crippen molar-refractivity contribution >= 4 is 55.7 Å². The summed E-state index contributed by atoms with van der Waals surface area (Å²) >= 11 is 2.73. The fourth-order valence-corrected chi connectivity index (χ4v) is 7.14. The first-order valence-electron chi connectivity index (χ1n) is 15.8. The van der Waals surface area contributed by atoms with E-state index in [4.69, 9.17) is 14.2 Å². The van der Waals surface area contributed by atoms with Crippen LogP contribution in [0.3, 0.4) is 0 Å². The number of benzene rings is 3. The van der Waals surface area contributed by atoms with Gasteiger partial charge in [0.25, 0.3) is 0 Å². The van der Waals surface area contributed by atoms with E-state index in [2.05, 4.69) is 27.2 Å². The average molecular weight is 700 g/mol. The summed E-state index contributed by atoms with van der Waals surface area (Å²) in [6.45, 7) is 11.5.